The first-order chi connectivity index (χ1) is 6.93. The van der Waals surface area contributed by atoms with Crippen LogP contribution >= 0.6 is 23.4 Å². The SMILES string of the molecule is CC(C)(SCc1ccncc1Cl)C(=O)O. The molecule has 1 N–H and O–H groups in total. The number of hydrogen-bond donors (Lipinski definition) is 1. The molecular formula is C10H12ClNO2S. The van der Waals surface area contributed by atoms with Crippen LogP contribution in [0.15, 0.2) is 18.5 Å². The lowest BCUT2D eigenvalue weighted by atomic mass is 10.2. The Bertz CT molecular complexity index is 368. The molecule has 0 spiro atoms. The summed E-state index contributed by atoms with van der Waals surface area (Å²) < 4.78 is -0.799. The summed E-state index contributed by atoms with van der Waals surface area (Å²) in [4.78, 5) is 14.7. The summed E-state index contributed by atoms with van der Waals surface area (Å²) in [6, 6.07) is 1.80. The highest BCUT2D eigenvalue weighted by Crippen LogP contribution is 2.30. The predicted octanol–water partition coefficient (Wildman–Crippen LogP) is 2.83. The van der Waals surface area contributed by atoms with Crippen LogP contribution in [0, 0.1) is 0 Å². The van der Waals surface area contributed by atoms with Crippen LogP contribution in [0.25, 0.3) is 0 Å². The van der Waals surface area contributed by atoms with Crippen LogP contribution in [-0.4, -0.2) is 20.8 Å². The zero-order valence-corrected chi connectivity index (χ0v) is 10.1. The second-order valence-electron chi connectivity index (χ2n) is 3.57. The van der Waals surface area contributed by atoms with Gasteiger partial charge in [0, 0.05) is 18.1 Å². The second kappa shape index (κ2) is 4.86. The van der Waals surface area contributed by atoms with Gasteiger partial charge in [-0.1, -0.05) is 11.6 Å². The third-order valence-electron chi connectivity index (χ3n) is 1.96. The van der Waals surface area contributed by atoms with Crippen LogP contribution in [0.3, 0.4) is 0 Å². The van der Waals surface area contributed by atoms with E-state index in [0.717, 1.165) is 5.56 Å². The van der Waals surface area contributed by atoms with E-state index in [0.29, 0.717) is 10.8 Å². The zero-order chi connectivity index (χ0) is 11.5. The fourth-order valence-electron chi connectivity index (χ4n) is 0.841. The van der Waals surface area contributed by atoms with E-state index >= 15 is 0 Å². The van der Waals surface area contributed by atoms with Gasteiger partial charge in [0.15, 0.2) is 0 Å². The number of pyridine rings is 1. The van der Waals surface area contributed by atoms with Crippen LogP contribution in [0.2, 0.25) is 5.02 Å². The van der Waals surface area contributed by atoms with Gasteiger partial charge in [-0.3, -0.25) is 9.78 Å². The molecular weight excluding hydrogens is 234 g/mol. The topological polar surface area (TPSA) is 50.2 Å². The number of rotatable bonds is 4. The van der Waals surface area contributed by atoms with Crippen molar-refractivity contribution in [3.05, 3.63) is 29.0 Å². The van der Waals surface area contributed by atoms with Crippen LogP contribution in [-0.2, 0) is 10.5 Å². The Morgan fingerprint density at radius 3 is 2.87 bits per heavy atom. The molecule has 0 aliphatic heterocycles. The highest BCUT2D eigenvalue weighted by Gasteiger charge is 2.27. The molecule has 82 valence electrons. The van der Waals surface area contributed by atoms with E-state index in [1.54, 1.807) is 32.3 Å². The zero-order valence-electron chi connectivity index (χ0n) is 8.53. The molecule has 5 heteroatoms. The molecule has 0 saturated carbocycles. The molecule has 0 fully saturated rings. The number of nitrogens with zero attached hydrogens (tertiary/aromatic N) is 1. The van der Waals surface area contributed by atoms with E-state index in [4.69, 9.17) is 16.7 Å². The van der Waals surface area contributed by atoms with Gasteiger partial charge in [-0.2, -0.15) is 0 Å². The molecule has 0 aliphatic rings. The Morgan fingerprint density at radius 1 is 1.67 bits per heavy atom. The standard InChI is InChI=1S/C10H12ClNO2S/c1-10(2,9(13)14)15-6-7-3-4-12-5-8(7)11/h3-5H,6H2,1-2H3,(H,13,14). The van der Waals surface area contributed by atoms with Crippen molar-refractivity contribution >= 4 is 29.3 Å². The summed E-state index contributed by atoms with van der Waals surface area (Å²) >= 11 is 7.25. The lowest BCUT2D eigenvalue weighted by Crippen LogP contribution is -2.27. The Balaban J connectivity index is 2.66. The normalized spacial score (nSPS) is 11.4. The van der Waals surface area contributed by atoms with Crippen molar-refractivity contribution in [3.8, 4) is 0 Å². The van der Waals surface area contributed by atoms with Crippen molar-refractivity contribution in [2.75, 3.05) is 0 Å². The number of aromatic nitrogens is 1. The summed E-state index contributed by atoms with van der Waals surface area (Å²) in [7, 11) is 0. The maximum absolute atomic E-state index is 10.9. The first-order valence-corrected chi connectivity index (χ1v) is 5.75. The molecule has 0 atom stereocenters. The highest BCUT2D eigenvalue weighted by molar-refractivity contribution is 8.00. The monoisotopic (exact) mass is 245 g/mol. The van der Waals surface area contributed by atoms with Gasteiger partial charge in [-0.05, 0) is 25.5 Å². The van der Waals surface area contributed by atoms with Gasteiger partial charge in [-0.25, -0.2) is 0 Å². The number of halogens is 1. The summed E-state index contributed by atoms with van der Waals surface area (Å²) in [6.07, 6.45) is 3.21. The Hall–Kier alpha value is -0.740. The van der Waals surface area contributed by atoms with Crippen molar-refractivity contribution in [3.63, 3.8) is 0 Å². The first-order valence-electron chi connectivity index (χ1n) is 4.39. The lowest BCUT2D eigenvalue weighted by Gasteiger charge is -2.18. The smallest absolute Gasteiger partial charge is 0.319 e. The minimum Gasteiger partial charge on any atom is -0.480 e. The highest BCUT2D eigenvalue weighted by atomic mass is 35.5. The van der Waals surface area contributed by atoms with Crippen molar-refractivity contribution in [1.29, 1.82) is 0 Å². The van der Waals surface area contributed by atoms with Gasteiger partial charge in [0.25, 0.3) is 0 Å². The van der Waals surface area contributed by atoms with E-state index < -0.39 is 10.7 Å². The average molecular weight is 246 g/mol. The number of carboxylic acids is 1. The average Bonchev–Trinajstić information content (AvgIpc) is 2.16. The molecule has 0 aliphatic carbocycles. The fraction of sp³-hybridized carbons (Fsp3) is 0.400. The molecule has 1 heterocycles. The van der Waals surface area contributed by atoms with E-state index in [1.165, 1.54) is 11.8 Å². The molecule has 1 aromatic rings. The third-order valence-corrected chi connectivity index (χ3v) is 3.65. The lowest BCUT2D eigenvalue weighted by molar-refractivity contribution is -0.138. The summed E-state index contributed by atoms with van der Waals surface area (Å²) in [5.41, 5.74) is 0.908. The summed E-state index contributed by atoms with van der Waals surface area (Å²) in [5, 5.41) is 9.50. The van der Waals surface area contributed by atoms with Crippen molar-refractivity contribution < 1.29 is 9.90 Å². The van der Waals surface area contributed by atoms with E-state index in [9.17, 15) is 4.79 Å². The minimum atomic E-state index is -0.822. The molecule has 0 aromatic carbocycles. The number of carboxylic acid groups (broad SMARTS) is 1. The van der Waals surface area contributed by atoms with Crippen LogP contribution in [0.4, 0.5) is 0 Å². The fourth-order valence-corrected chi connectivity index (χ4v) is 2.00. The van der Waals surface area contributed by atoms with E-state index in [-0.39, 0.29) is 0 Å². The quantitative estimate of drug-likeness (QED) is 0.886. The van der Waals surface area contributed by atoms with Gasteiger partial charge < -0.3 is 5.11 Å². The molecule has 15 heavy (non-hydrogen) atoms. The number of thioether (sulfide) groups is 1. The number of carbonyl (C=O) groups is 1. The van der Waals surface area contributed by atoms with Crippen LogP contribution < -0.4 is 0 Å². The van der Waals surface area contributed by atoms with E-state index in [2.05, 4.69) is 4.98 Å². The summed E-state index contributed by atoms with van der Waals surface area (Å²) in [6.45, 7) is 3.35. The Morgan fingerprint density at radius 2 is 2.33 bits per heavy atom. The van der Waals surface area contributed by atoms with Gasteiger partial charge in [-0.15, -0.1) is 11.8 Å². The molecule has 0 bridgehead atoms. The Kier molecular flexibility index (Phi) is 3.99. The third kappa shape index (κ3) is 3.39. The Labute approximate surface area is 97.9 Å². The van der Waals surface area contributed by atoms with Crippen molar-refractivity contribution in [1.82, 2.24) is 4.98 Å². The summed E-state index contributed by atoms with van der Waals surface area (Å²) in [5.74, 6) is -0.252. The van der Waals surface area contributed by atoms with Gasteiger partial charge >= 0.3 is 5.97 Å². The van der Waals surface area contributed by atoms with Crippen LogP contribution in [0.5, 0.6) is 0 Å². The molecule has 0 saturated heterocycles. The molecule has 1 rings (SSSR count). The molecule has 0 radical (unpaired) electrons. The minimum absolute atomic E-state index is 0.570. The largest absolute Gasteiger partial charge is 0.480 e. The molecule has 0 amide bonds. The van der Waals surface area contributed by atoms with Gasteiger partial charge in [0.2, 0.25) is 0 Å². The first kappa shape index (κ1) is 12.3. The van der Waals surface area contributed by atoms with Crippen LogP contribution in [0.1, 0.15) is 19.4 Å². The predicted molar refractivity (Wildman–Crippen MR) is 62.3 cm³/mol. The molecule has 0 unspecified atom stereocenters. The van der Waals surface area contributed by atoms with E-state index in [1.807, 2.05) is 0 Å². The number of hydrogen-bond acceptors (Lipinski definition) is 3. The maximum atomic E-state index is 10.9. The van der Waals surface area contributed by atoms with Gasteiger partial charge in [0.1, 0.15) is 4.75 Å². The van der Waals surface area contributed by atoms with Gasteiger partial charge in [0.05, 0.1) is 5.02 Å². The molecule has 3 nitrogen and oxygen atoms in total. The second-order valence-corrected chi connectivity index (χ2v) is 5.58. The molecule has 1 aromatic heterocycles. The van der Waals surface area contributed by atoms with Crippen molar-refractivity contribution in [2.45, 2.75) is 24.3 Å². The van der Waals surface area contributed by atoms with Crippen molar-refractivity contribution in [2.24, 2.45) is 0 Å². The number of aliphatic carboxylic acids is 1. The maximum Gasteiger partial charge on any atom is 0.319 e.